The molecule has 6 nitrogen and oxygen atoms in total. The number of aromatic nitrogens is 1. The zero-order chi connectivity index (χ0) is 19.2. The van der Waals surface area contributed by atoms with Crippen molar-refractivity contribution in [1.82, 2.24) is 10.3 Å². The molecule has 2 rings (SSSR count). The Bertz CT molecular complexity index is 757. The van der Waals surface area contributed by atoms with Crippen molar-refractivity contribution < 1.29 is 18.7 Å². The smallest absolute Gasteiger partial charge is 0.331 e. The van der Waals surface area contributed by atoms with E-state index in [9.17, 15) is 9.59 Å². The Kier molecular flexibility index (Phi) is 6.80. The van der Waals surface area contributed by atoms with Gasteiger partial charge in [0.1, 0.15) is 5.54 Å². The first-order chi connectivity index (χ1) is 12.4. The quantitative estimate of drug-likeness (QED) is 0.707. The molecule has 0 spiro atoms. The molecular weight excluding hydrogens is 356 g/mol. The number of oxazole rings is 1. The molecule has 140 valence electrons. The van der Waals surface area contributed by atoms with E-state index < -0.39 is 11.5 Å². The van der Waals surface area contributed by atoms with Crippen LogP contribution in [0, 0.1) is 0 Å². The average Bonchev–Trinajstić information content (AvgIpc) is 3.09. The fourth-order valence-electron chi connectivity index (χ4n) is 2.70. The number of methoxy groups -OCH3 is 1. The van der Waals surface area contributed by atoms with E-state index in [2.05, 4.69) is 10.3 Å². The lowest BCUT2D eigenvalue weighted by molar-refractivity contribution is -0.150. The third-order valence-electron chi connectivity index (χ3n) is 4.05. The second kappa shape index (κ2) is 8.85. The number of rotatable bonds is 8. The molecule has 0 saturated carbocycles. The zero-order valence-electron chi connectivity index (χ0n) is 15.2. The minimum atomic E-state index is -1.02. The van der Waals surface area contributed by atoms with E-state index in [1.807, 2.05) is 19.1 Å². The fourth-order valence-corrected chi connectivity index (χ4v) is 2.83. The molecule has 0 bridgehead atoms. The van der Waals surface area contributed by atoms with Gasteiger partial charge in [0.25, 0.3) is 0 Å². The van der Waals surface area contributed by atoms with Crippen molar-refractivity contribution in [1.29, 1.82) is 0 Å². The normalized spacial score (nSPS) is 13.1. The summed E-state index contributed by atoms with van der Waals surface area (Å²) in [4.78, 5) is 28.4. The van der Waals surface area contributed by atoms with E-state index in [0.717, 1.165) is 12.0 Å². The van der Waals surface area contributed by atoms with E-state index >= 15 is 0 Å². The van der Waals surface area contributed by atoms with Gasteiger partial charge in [0.2, 0.25) is 5.91 Å². The summed E-state index contributed by atoms with van der Waals surface area (Å²) in [6.07, 6.45) is 3.37. The molecule has 0 aliphatic carbocycles. The van der Waals surface area contributed by atoms with Crippen LogP contribution in [-0.4, -0.2) is 29.5 Å². The minimum absolute atomic E-state index is 0.164. The molecule has 1 heterocycles. The highest BCUT2D eigenvalue weighted by atomic mass is 35.5. The Balaban J connectivity index is 1.95. The molecule has 1 atom stereocenters. The highest BCUT2D eigenvalue weighted by Crippen LogP contribution is 2.23. The largest absolute Gasteiger partial charge is 0.467 e. The standard InChI is InChI=1S/C19H23ClN2O4/c1-4-11-19(2,18(24)25-3)22-16(23)9-10-17-21-12-15(26-17)13-5-7-14(20)8-6-13/h5-8,12H,4,9-11H2,1-3H3,(H,22,23). The number of amides is 1. The predicted octanol–water partition coefficient (Wildman–Crippen LogP) is 3.78. The molecule has 0 fully saturated rings. The van der Waals surface area contributed by atoms with Crippen LogP contribution in [0.1, 0.15) is 39.0 Å². The lowest BCUT2D eigenvalue weighted by Gasteiger charge is -2.27. The second-order valence-corrected chi connectivity index (χ2v) is 6.68. The molecule has 1 unspecified atom stereocenters. The Labute approximate surface area is 157 Å². The first-order valence-electron chi connectivity index (χ1n) is 8.48. The first-order valence-corrected chi connectivity index (χ1v) is 8.86. The van der Waals surface area contributed by atoms with Gasteiger partial charge in [-0.2, -0.15) is 0 Å². The summed E-state index contributed by atoms with van der Waals surface area (Å²) in [5.74, 6) is 0.370. The van der Waals surface area contributed by atoms with Gasteiger partial charge in [0.05, 0.1) is 13.3 Å². The number of halogens is 1. The van der Waals surface area contributed by atoms with Crippen LogP contribution < -0.4 is 5.32 Å². The van der Waals surface area contributed by atoms with Crippen LogP contribution in [-0.2, 0) is 20.7 Å². The second-order valence-electron chi connectivity index (χ2n) is 6.25. The molecule has 0 radical (unpaired) electrons. The number of carbonyl (C=O) groups is 2. The maximum absolute atomic E-state index is 12.2. The minimum Gasteiger partial charge on any atom is -0.467 e. The van der Waals surface area contributed by atoms with E-state index in [4.69, 9.17) is 20.8 Å². The van der Waals surface area contributed by atoms with Crippen LogP contribution >= 0.6 is 11.6 Å². The van der Waals surface area contributed by atoms with Gasteiger partial charge in [0.15, 0.2) is 11.7 Å². The number of hydrogen-bond donors (Lipinski definition) is 1. The number of aryl methyl sites for hydroxylation is 1. The fraction of sp³-hybridized carbons (Fsp3) is 0.421. The molecule has 0 aliphatic rings. The van der Waals surface area contributed by atoms with Crippen LogP contribution in [0.25, 0.3) is 11.3 Å². The SMILES string of the molecule is CCCC(C)(NC(=O)CCc1ncc(-c2ccc(Cl)cc2)o1)C(=O)OC. The molecule has 1 aromatic carbocycles. The van der Waals surface area contributed by atoms with Gasteiger partial charge < -0.3 is 14.5 Å². The molecule has 26 heavy (non-hydrogen) atoms. The molecule has 0 saturated heterocycles. The van der Waals surface area contributed by atoms with Crippen LogP contribution in [0.4, 0.5) is 0 Å². The number of hydrogen-bond acceptors (Lipinski definition) is 5. The van der Waals surface area contributed by atoms with Crippen molar-refractivity contribution in [2.75, 3.05) is 7.11 Å². The number of nitrogens with zero attached hydrogens (tertiary/aromatic N) is 1. The van der Waals surface area contributed by atoms with Gasteiger partial charge in [-0.25, -0.2) is 9.78 Å². The highest BCUT2D eigenvalue weighted by molar-refractivity contribution is 6.30. The summed E-state index contributed by atoms with van der Waals surface area (Å²) < 4.78 is 10.5. The van der Waals surface area contributed by atoms with Crippen molar-refractivity contribution in [3.8, 4) is 11.3 Å². The summed E-state index contributed by atoms with van der Waals surface area (Å²) in [5.41, 5.74) is -0.162. The number of esters is 1. The number of nitrogens with one attached hydrogen (secondary N) is 1. The number of ether oxygens (including phenoxy) is 1. The topological polar surface area (TPSA) is 81.4 Å². The predicted molar refractivity (Wildman–Crippen MR) is 98.7 cm³/mol. The zero-order valence-corrected chi connectivity index (χ0v) is 15.9. The van der Waals surface area contributed by atoms with E-state index in [-0.39, 0.29) is 12.3 Å². The van der Waals surface area contributed by atoms with Crippen LogP contribution in [0.3, 0.4) is 0 Å². The molecule has 1 aromatic heterocycles. The first kappa shape index (κ1) is 20.0. The summed E-state index contributed by atoms with van der Waals surface area (Å²) in [6.45, 7) is 3.61. The van der Waals surface area contributed by atoms with Gasteiger partial charge in [-0.05, 0) is 37.6 Å². The molecule has 1 amide bonds. The van der Waals surface area contributed by atoms with E-state index in [1.54, 1.807) is 25.3 Å². The monoisotopic (exact) mass is 378 g/mol. The maximum atomic E-state index is 12.2. The van der Waals surface area contributed by atoms with Crippen molar-refractivity contribution in [2.24, 2.45) is 0 Å². The summed E-state index contributed by atoms with van der Waals surface area (Å²) in [6, 6.07) is 7.22. The van der Waals surface area contributed by atoms with Gasteiger partial charge in [-0.1, -0.05) is 24.9 Å². The number of benzene rings is 1. The third kappa shape index (κ3) is 5.08. The van der Waals surface area contributed by atoms with Crippen LogP contribution in [0.5, 0.6) is 0 Å². The van der Waals surface area contributed by atoms with Gasteiger partial charge >= 0.3 is 5.97 Å². The van der Waals surface area contributed by atoms with Crippen LogP contribution in [0.2, 0.25) is 5.02 Å². The number of carbonyl (C=O) groups excluding carboxylic acids is 2. The molecular formula is C19H23ClN2O4. The van der Waals surface area contributed by atoms with Crippen molar-refractivity contribution >= 4 is 23.5 Å². The summed E-state index contributed by atoms with van der Waals surface area (Å²) >= 11 is 5.87. The summed E-state index contributed by atoms with van der Waals surface area (Å²) in [5, 5.41) is 3.41. The molecule has 7 heteroatoms. The molecule has 1 N–H and O–H groups in total. The van der Waals surface area contributed by atoms with Gasteiger partial charge in [-0.15, -0.1) is 0 Å². The maximum Gasteiger partial charge on any atom is 0.331 e. The van der Waals surface area contributed by atoms with E-state index in [1.165, 1.54) is 7.11 Å². The Morgan fingerprint density at radius 2 is 2.00 bits per heavy atom. The molecule has 2 aromatic rings. The summed E-state index contributed by atoms with van der Waals surface area (Å²) in [7, 11) is 1.31. The van der Waals surface area contributed by atoms with Crippen molar-refractivity contribution in [3.63, 3.8) is 0 Å². The van der Waals surface area contributed by atoms with Gasteiger partial charge in [-0.3, -0.25) is 4.79 Å². The lowest BCUT2D eigenvalue weighted by atomic mass is 9.96. The highest BCUT2D eigenvalue weighted by Gasteiger charge is 2.34. The van der Waals surface area contributed by atoms with Crippen molar-refractivity contribution in [2.45, 2.75) is 45.1 Å². The van der Waals surface area contributed by atoms with Crippen molar-refractivity contribution in [3.05, 3.63) is 41.4 Å². The van der Waals surface area contributed by atoms with Crippen LogP contribution in [0.15, 0.2) is 34.9 Å². The average molecular weight is 379 g/mol. The Morgan fingerprint density at radius 3 is 2.62 bits per heavy atom. The van der Waals surface area contributed by atoms with E-state index in [0.29, 0.717) is 29.5 Å². The Hall–Kier alpha value is -2.34. The third-order valence-corrected chi connectivity index (χ3v) is 4.30. The Morgan fingerprint density at radius 1 is 1.31 bits per heavy atom. The van der Waals surface area contributed by atoms with Gasteiger partial charge in [0, 0.05) is 23.4 Å². The molecule has 0 aliphatic heterocycles. The lowest BCUT2D eigenvalue weighted by Crippen LogP contribution is -2.52.